The molecule has 1 aliphatic carbocycles. The van der Waals surface area contributed by atoms with Crippen molar-refractivity contribution in [2.45, 2.75) is 46.1 Å². The molecule has 1 fully saturated rings. The molecule has 0 bridgehead atoms. The summed E-state index contributed by atoms with van der Waals surface area (Å²) >= 11 is 0. The molecule has 0 amide bonds. The van der Waals surface area contributed by atoms with Crippen LogP contribution in [0.3, 0.4) is 0 Å². The van der Waals surface area contributed by atoms with Crippen LogP contribution in [-0.2, 0) is 4.74 Å². The van der Waals surface area contributed by atoms with Gasteiger partial charge in [0.05, 0.1) is 18.9 Å². The van der Waals surface area contributed by atoms with Crippen molar-refractivity contribution in [3.63, 3.8) is 0 Å². The van der Waals surface area contributed by atoms with Crippen LogP contribution in [0.2, 0.25) is 0 Å². The van der Waals surface area contributed by atoms with Crippen molar-refractivity contribution in [2.75, 3.05) is 19.8 Å². The Balaban J connectivity index is 2.43. The topological polar surface area (TPSA) is 32.7 Å². The summed E-state index contributed by atoms with van der Waals surface area (Å²) in [4.78, 5) is 2.37. The third kappa shape index (κ3) is 2.66. The molecule has 0 aromatic rings. The van der Waals surface area contributed by atoms with E-state index in [-0.39, 0.29) is 12.1 Å². The van der Waals surface area contributed by atoms with Gasteiger partial charge in [-0.15, -0.1) is 0 Å². The first-order chi connectivity index (χ1) is 9.01. The second-order valence-electron chi connectivity index (χ2n) is 6.30. The Hall–Kier alpha value is -0.960. The monoisotopic (exact) mass is 265 g/mol. The maximum absolute atomic E-state index is 9.40. The SMILES string of the molecule is CCOC1=C2C(CC=C1)C(C)CC(C)(C)N2CCO. The van der Waals surface area contributed by atoms with Crippen LogP contribution in [0.25, 0.3) is 0 Å². The van der Waals surface area contributed by atoms with Crippen LogP contribution in [0.5, 0.6) is 0 Å². The highest BCUT2D eigenvalue weighted by Crippen LogP contribution is 2.45. The fraction of sp³-hybridized carbons (Fsp3) is 0.750. The predicted molar refractivity (Wildman–Crippen MR) is 77.6 cm³/mol. The molecule has 0 aromatic heterocycles. The molecule has 3 heteroatoms. The normalized spacial score (nSPS) is 29.4. The van der Waals surface area contributed by atoms with Crippen LogP contribution < -0.4 is 0 Å². The Bertz CT molecular complexity index is 384. The van der Waals surface area contributed by atoms with E-state index in [0.29, 0.717) is 25.0 Å². The minimum absolute atomic E-state index is 0.0848. The van der Waals surface area contributed by atoms with Crippen LogP contribution in [0.4, 0.5) is 0 Å². The van der Waals surface area contributed by atoms with E-state index in [1.54, 1.807) is 0 Å². The first-order valence-electron chi connectivity index (χ1n) is 7.43. The van der Waals surface area contributed by atoms with E-state index in [1.807, 2.05) is 6.92 Å². The molecule has 2 rings (SSSR count). The number of aliphatic hydroxyl groups is 1. The molecule has 2 aliphatic rings. The summed E-state index contributed by atoms with van der Waals surface area (Å²) in [5.41, 5.74) is 1.39. The summed E-state index contributed by atoms with van der Waals surface area (Å²) in [7, 11) is 0. The molecule has 2 atom stereocenters. The Morgan fingerprint density at radius 3 is 2.84 bits per heavy atom. The maximum Gasteiger partial charge on any atom is 0.138 e. The van der Waals surface area contributed by atoms with Crippen molar-refractivity contribution in [3.05, 3.63) is 23.6 Å². The average molecular weight is 265 g/mol. The van der Waals surface area contributed by atoms with E-state index in [9.17, 15) is 5.11 Å². The van der Waals surface area contributed by atoms with Gasteiger partial charge < -0.3 is 14.7 Å². The van der Waals surface area contributed by atoms with Crippen molar-refractivity contribution < 1.29 is 9.84 Å². The first-order valence-corrected chi connectivity index (χ1v) is 7.43. The third-order valence-corrected chi connectivity index (χ3v) is 4.42. The lowest BCUT2D eigenvalue weighted by Gasteiger charge is -2.52. The quantitative estimate of drug-likeness (QED) is 0.848. The predicted octanol–water partition coefficient (Wildman–Crippen LogP) is 2.92. The van der Waals surface area contributed by atoms with Gasteiger partial charge in [0.15, 0.2) is 0 Å². The summed E-state index contributed by atoms with van der Waals surface area (Å²) in [6.07, 6.45) is 6.58. The molecule has 1 saturated heterocycles. The van der Waals surface area contributed by atoms with Crippen molar-refractivity contribution in [1.29, 1.82) is 0 Å². The highest BCUT2D eigenvalue weighted by Gasteiger charge is 2.43. The second kappa shape index (κ2) is 5.58. The molecule has 0 aromatic carbocycles. The zero-order valence-corrected chi connectivity index (χ0v) is 12.6. The maximum atomic E-state index is 9.40. The van der Waals surface area contributed by atoms with Gasteiger partial charge in [0.1, 0.15) is 5.76 Å². The number of allylic oxidation sites excluding steroid dienone is 3. The smallest absolute Gasteiger partial charge is 0.138 e. The average Bonchev–Trinajstić information content (AvgIpc) is 2.34. The Morgan fingerprint density at radius 1 is 1.47 bits per heavy atom. The fourth-order valence-corrected chi connectivity index (χ4v) is 3.70. The van der Waals surface area contributed by atoms with Crippen molar-refractivity contribution >= 4 is 0 Å². The molecule has 1 N–H and O–H groups in total. The van der Waals surface area contributed by atoms with Crippen LogP contribution in [0.1, 0.15) is 40.5 Å². The molecule has 1 heterocycles. The summed E-state index contributed by atoms with van der Waals surface area (Å²) in [5.74, 6) is 2.19. The number of rotatable bonds is 4. The molecule has 108 valence electrons. The number of aliphatic hydroxyl groups excluding tert-OH is 1. The van der Waals surface area contributed by atoms with E-state index in [1.165, 1.54) is 5.70 Å². The number of β-amino-alcohol motifs (C(OH)–C–C–N with tert-alkyl or cyclic N) is 1. The minimum atomic E-state index is 0.0848. The number of hydrogen-bond acceptors (Lipinski definition) is 3. The van der Waals surface area contributed by atoms with E-state index >= 15 is 0 Å². The molecular weight excluding hydrogens is 238 g/mol. The van der Waals surface area contributed by atoms with Crippen molar-refractivity contribution in [1.82, 2.24) is 4.90 Å². The molecule has 19 heavy (non-hydrogen) atoms. The largest absolute Gasteiger partial charge is 0.492 e. The zero-order chi connectivity index (χ0) is 14.0. The number of fused-ring (bicyclic) bond motifs is 1. The van der Waals surface area contributed by atoms with Gasteiger partial charge in [-0.05, 0) is 45.6 Å². The molecule has 0 saturated carbocycles. The molecule has 3 nitrogen and oxygen atoms in total. The van der Waals surface area contributed by atoms with Crippen LogP contribution in [0, 0.1) is 11.8 Å². The van der Waals surface area contributed by atoms with E-state index in [4.69, 9.17) is 4.74 Å². The number of nitrogens with zero attached hydrogens (tertiary/aromatic N) is 1. The van der Waals surface area contributed by atoms with Gasteiger partial charge in [0.25, 0.3) is 0 Å². The van der Waals surface area contributed by atoms with Crippen molar-refractivity contribution in [2.24, 2.45) is 11.8 Å². The second-order valence-corrected chi connectivity index (χ2v) is 6.30. The number of likely N-dealkylation sites (tertiary alicyclic amines) is 1. The molecular formula is C16H27NO2. The highest BCUT2D eigenvalue weighted by molar-refractivity contribution is 5.30. The molecule has 0 radical (unpaired) electrons. The van der Waals surface area contributed by atoms with Gasteiger partial charge in [-0.25, -0.2) is 0 Å². The lowest BCUT2D eigenvalue weighted by molar-refractivity contribution is 0.0348. The first kappa shape index (κ1) is 14.4. The van der Waals surface area contributed by atoms with Crippen LogP contribution in [-0.4, -0.2) is 35.3 Å². The number of ether oxygens (including phenoxy) is 1. The Morgan fingerprint density at radius 2 is 2.21 bits per heavy atom. The molecule has 2 unspecified atom stereocenters. The summed E-state index contributed by atoms with van der Waals surface area (Å²) in [5, 5.41) is 9.40. The van der Waals surface area contributed by atoms with E-state index in [2.05, 4.69) is 37.8 Å². The van der Waals surface area contributed by atoms with E-state index in [0.717, 1.165) is 18.6 Å². The van der Waals surface area contributed by atoms with Crippen molar-refractivity contribution in [3.8, 4) is 0 Å². The van der Waals surface area contributed by atoms with Crippen LogP contribution >= 0.6 is 0 Å². The zero-order valence-electron chi connectivity index (χ0n) is 12.6. The summed E-state index contributed by atoms with van der Waals surface area (Å²) in [6.45, 7) is 10.5. The number of hydrogen-bond donors (Lipinski definition) is 1. The summed E-state index contributed by atoms with van der Waals surface area (Å²) in [6, 6.07) is 0. The lowest BCUT2D eigenvalue weighted by atomic mass is 9.72. The van der Waals surface area contributed by atoms with Gasteiger partial charge >= 0.3 is 0 Å². The minimum Gasteiger partial charge on any atom is -0.492 e. The lowest BCUT2D eigenvalue weighted by Crippen LogP contribution is -2.53. The summed E-state index contributed by atoms with van der Waals surface area (Å²) < 4.78 is 5.84. The van der Waals surface area contributed by atoms with Crippen LogP contribution in [0.15, 0.2) is 23.6 Å². The van der Waals surface area contributed by atoms with E-state index < -0.39 is 0 Å². The van der Waals surface area contributed by atoms with Gasteiger partial charge in [-0.2, -0.15) is 0 Å². The van der Waals surface area contributed by atoms with Gasteiger partial charge in [-0.3, -0.25) is 0 Å². The number of piperidine rings is 1. The molecule has 1 aliphatic heterocycles. The Labute approximate surface area is 116 Å². The fourth-order valence-electron chi connectivity index (χ4n) is 3.70. The van der Waals surface area contributed by atoms with Gasteiger partial charge in [0, 0.05) is 18.0 Å². The van der Waals surface area contributed by atoms with Gasteiger partial charge in [0.2, 0.25) is 0 Å². The molecule has 0 spiro atoms. The standard InChI is InChI=1S/C16H27NO2/c1-5-19-14-8-6-7-13-12(2)11-16(3,4)17(9-10-18)15(13)14/h6,8,12-13,18H,5,7,9-11H2,1-4H3. The third-order valence-electron chi connectivity index (χ3n) is 4.42. The Kier molecular flexibility index (Phi) is 4.24. The van der Waals surface area contributed by atoms with Gasteiger partial charge in [-0.1, -0.05) is 13.0 Å². The highest BCUT2D eigenvalue weighted by atomic mass is 16.5.